The monoisotopic (exact) mass is 280 g/mol. The second-order valence-corrected chi connectivity index (χ2v) is 5.43. The van der Waals surface area contributed by atoms with Crippen molar-refractivity contribution in [1.82, 2.24) is 4.98 Å². The van der Waals surface area contributed by atoms with Crippen molar-refractivity contribution in [2.75, 3.05) is 5.32 Å². The minimum atomic E-state index is 0.427. The maximum absolute atomic E-state index is 5.95. The van der Waals surface area contributed by atoms with Crippen LogP contribution >= 0.6 is 0 Å². The molecule has 1 heterocycles. The zero-order valence-electron chi connectivity index (χ0n) is 12.3. The van der Waals surface area contributed by atoms with E-state index in [-0.39, 0.29) is 0 Å². The summed E-state index contributed by atoms with van der Waals surface area (Å²) in [5.41, 5.74) is 11.8. The topological polar surface area (TPSA) is 63.3 Å². The number of guanidine groups is 1. The quantitative estimate of drug-likeness (QED) is 0.671. The van der Waals surface area contributed by atoms with Gasteiger partial charge in [0.2, 0.25) is 0 Å². The fraction of sp³-hybridized carbons (Fsp3) is 0.294. The van der Waals surface area contributed by atoms with Gasteiger partial charge in [-0.05, 0) is 61.6 Å². The van der Waals surface area contributed by atoms with Gasteiger partial charge < -0.3 is 11.1 Å². The molecule has 0 atom stereocenters. The number of aromatic nitrogens is 1. The van der Waals surface area contributed by atoms with Gasteiger partial charge in [0.1, 0.15) is 0 Å². The molecule has 0 amide bonds. The first-order chi connectivity index (χ1) is 10.2. The van der Waals surface area contributed by atoms with Crippen molar-refractivity contribution in [1.29, 1.82) is 0 Å². The zero-order valence-corrected chi connectivity index (χ0v) is 12.3. The highest BCUT2D eigenvalue weighted by Gasteiger charge is 2.10. The molecule has 0 spiro atoms. The lowest BCUT2D eigenvalue weighted by atomic mass is 10.1. The Bertz CT molecular complexity index is 676. The second-order valence-electron chi connectivity index (χ2n) is 5.43. The molecule has 0 fully saturated rings. The third-order valence-electron chi connectivity index (χ3n) is 3.73. The molecule has 0 saturated carbocycles. The van der Waals surface area contributed by atoms with Gasteiger partial charge in [-0.2, -0.15) is 0 Å². The summed E-state index contributed by atoms with van der Waals surface area (Å²) < 4.78 is 0. The van der Waals surface area contributed by atoms with Crippen molar-refractivity contribution in [3.8, 4) is 0 Å². The standard InChI is InChI=1S/C17H20N4/c1-12-4-2-7-16(20-12)11-19-17(18)21-15-9-8-13-5-3-6-14(13)10-15/h2,4,7-10H,3,5-6,11H2,1H3,(H3,18,19,21). The summed E-state index contributed by atoms with van der Waals surface area (Å²) in [5.74, 6) is 0.427. The van der Waals surface area contributed by atoms with Gasteiger partial charge in [0, 0.05) is 11.4 Å². The molecule has 0 bridgehead atoms. The van der Waals surface area contributed by atoms with Gasteiger partial charge in [-0.15, -0.1) is 0 Å². The Balaban J connectivity index is 1.65. The van der Waals surface area contributed by atoms with Crippen LogP contribution in [0.3, 0.4) is 0 Å². The Morgan fingerprint density at radius 1 is 1.24 bits per heavy atom. The Hall–Kier alpha value is -2.36. The van der Waals surface area contributed by atoms with Gasteiger partial charge in [0.25, 0.3) is 0 Å². The van der Waals surface area contributed by atoms with Crippen molar-refractivity contribution in [2.24, 2.45) is 10.7 Å². The second kappa shape index (κ2) is 5.95. The number of hydrogen-bond donors (Lipinski definition) is 2. The smallest absolute Gasteiger partial charge is 0.193 e. The third-order valence-corrected chi connectivity index (χ3v) is 3.73. The molecular weight excluding hydrogens is 260 g/mol. The van der Waals surface area contributed by atoms with Crippen molar-refractivity contribution in [2.45, 2.75) is 32.7 Å². The van der Waals surface area contributed by atoms with Crippen molar-refractivity contribution in [3.05, 3.63) is 58.9 Å². The number of hydrogen-bond acceptors (Lipinski definition) is 2. The highest BCUT2D eigenvalue weighted by molar-refractivity contribution is 5.92. The molecular formula is C17H20N4. The maximum atomic E-state index is 5.95. The van der Waals surface area contributed by atoms with Gasteiger partial charge in [0.15, 0.2) is 5.96 Å². The highest BCUT2D eigenvalue weighted by atomic mass is 15.1. The van der Waals surface area contributed by atoms with E-state index >= 15 is 0 Å². The Labute approximate surface area is 125 Å². The number of aliphatic imine (C=N–C) groups is 1. The van der Waals surface area contributed by atoms with Crippen LogP contribution in [0.5, 0.6) is 0 Å². The molecule has 1 aromatic carbocycles. The van der Waals surface area contributed by atoms with E-state index in [1.807, 2.05) is 25.1 Å². The predicted octanol–water partition coefficient (Wildman–Crippen LogP) is 2.81. The van der Waals surface area contributed by atoms with Gasteiger partial charge in [-0.1, -0.05) is 12.1 Å². The van der Waals surface area contributed by atoms with Crippen LogP contribution in [-0.2, 0) is 19.4 Å². The number of fused-ring (bicyclic) bond motifs is 1. The average Bonchev–Trinajstić information content (AvgIpc) is 2.93. The summed E-state index contributed by atoms with van der Waals surface area (Å²) in [7, 11) is 0. The molecule has 0 saturated heterocycles. The molecule has 1 aromatic heterocycles. The molecule has 2 aromatic rings. The number of pyridine rings is 1. The van der Waals surface area contributed by atoms with Crippen molar-refractivity contribution < 1.29 is 0 Å². The van der Waals surface area contributed by atoms with E-state index in [1.54, 1.807) is 0 Å². The van der Waals surface area contributed by atoms with E-state index in [0.717, 1.165) is 23.5 Å². The van der Waals surface area contributed by atoms with Gasteiger partial charge in [-0.25, -0.2) is 4.99 Å². The molecule has 0 unspecified atom stereocenters. The molecule has 108 valence electrons. The molecule has 3 N–H and O–H groups in total. The van der Waals surface area contributed by atoms with Crippen LogP contribution in [-0.4, -0.2) is 10.9 Å². The zero-order chi connectivity index (χ0) is 14.7. The first kappa shape index (κ1) is 13.6. The van der Waals surface area contributed by atoms with Gasteiger partial charge in [0.05, 0.1) is 12.2 Å². The summed E-state index contributed by atoms with van der Waals surface area (Å²) in [6.45, 7) is 2.46. The van der Waals surface area contributed by atoms with E-state index in [0.29, 0.717) is 12.5 Å². The third kappa shape index (κ3) is 3.40. The van der Waals surface area contributed by atoms with Crippen LogP contribution in [0.1, 0.15) is 28.9 Å². The Kier molecular flexibility index (Phi) is 3.86. The van der Waals surface area contributed by atoms with Crippen LogP contribution in [0.25, 0.3) is 0 Å². The van der Waals surface area contributed by atoms with Crippen molar-refractivity contribution >= 4 is 11.6 Å². The van der Waals surface area contributed by atoms with Crippen LogP contribution in [0.4, 0.5) is 5.69 Å². The normalized spacial score (nSPS) is 14.0. The van der Waals surface area contributed by atoms with E-state index in [2.05, 4.69) is 33.5 Å². The largest absolute Gasteiger partial charge is 0.370 e. The SMILES string of the molecule is Cc1cccc(CN=C(N)Nc2ccc3c(c2)CCC3)n1. The molecule has 1 aliphatic carbocycles. The number of nitrogens with one attached hydrogen (secondary N) is 1. The van der Waals surface area contributed by atoms with Crippen LogP contribution in [0, 0.1) is 6.92 Å². The number of rotatable bonds is 3. The number of benzene rings is 1. The lowest BCUT2D eigenvalue weighted by Crippen LogP contribution is -2.22. The Morgan fingerprint density at radius 2 is 2.10 bits per heavy atom. The van der Waals surface area contributed by atoms with E-state index in [4.69, 9.17) is 5.73 Å². The molecule has 21 heavy (non-hydrogen) atoms. The molecule has 3 rings (SSSR count). The summed E-state index contributed by atoms with van der Waals surface area (Å²) >= 11 is 0. The molecule has 0 radical (unpaired) electrons. The van der Waals surface area contributed by atoms with E-state index in [1.165, 1.54) is 24.0 Å². The molecule has 4 nitrogen and oxygen atoms in total. The summed E-state index contributed by atoms with van der Waals surface area (Å²) in [6, 6.07) is 12.3. The Morgan fingerprint density at radius 3 is 2.95 bits per heavy atom. The minimum Gasteiger partial charge on any atom is -0.370 e. The van der Waals surface area contributed by atoms with Gasteiger partial charge >= 0.3 is 0 Å². The van der Waals surface area contributed by atoms with Crippen LogP contribution in [0.2, 0.25) is 0 Å². The first-order valence-electron chi connectivity index (χ1n) is 7.32. The lowest BCUT2D eigenvalue weighted by molar-refractivity contribution is 0.912. The van der Waals surface area contributed by atoms with Crippen LogP contribution in [0.15, 0.2) is 41.4 Å². The summed E-state index contributed by atoms with van der Waals surface area (Å²) in [4.78, 5) is 8.75. The minimum absolute atomic E-state index is 0.427. The molecule has 0 aliphatic heterocycles. The molecule has 1 aliphatic rings. The summed E-state index contributed by atoms with van der Waals surface area (Å²) in [5, 5.41) is 3.16. The maximum Gasteiger partial charge on any atom is 0.193 e. The lowest BCUT2D eigenvalue weighted by Gasteiger charge is -2.08. The first-order valence-corrected chi connectivity index (χ1v) is 7.32. The average molecular weight is 280 g/mol. The fourth-order valence-corrected chi connectivity index (χ4v) is 2.69. The van der Waals surface area contributed by atoms with Gasteiger partial charge in [-0.3, -0.25) is 4.98 Å². The fourth-order valence-electron chi connectivity index (χ4n) is 2.69. The highest BCUT2D eigenvalue weighted by Crippen LogP contribution is 2.24. The van der Waals surface area contributed by atoms with E-state index < -0.39 is 0 Å². The number of nitrogens with two attached hydrogens (primary N) is 1. The van der Waals surface area contributed by atoms with Crippen molar-refractivity contribution in [3.63, 3.8) is 0 Å². The number of nitrogens with zero attached hydrogens (tertiary/aromatic N) is 2. The predicted molar refractivity (Wildman–Crippen MR) is 86.4 cm³/mol. The van der Waals surface area contributed by atoms with E-state index in [9.17, 15) is 0 Å². The molecule has 4 heteroatoms. The summed E-state index contributed by atoms with van der Waals surface area (Å²) in [6.07, 6.45) is 3.61. The number of anilines is 1. The number of aryl methyl sites for hydroxylation is 3. The van der Waals surface area contributed by atoms with Crippen LogP contribution < -0.4 is 11.1 Å².